The van der Waals surface area contributed by atoms with E-state index in [9.17, 15) is 5.11 Å². The van der Waals surface area contributed by atoms with Gasteiger partial charge in [-0.15, -0.1) is 0 Å². The van der Waals surface area contributed by atoms with Crippen LogP contribution >= 0.6 is 11.6 Å². The van der Waals surface area contributed by atoms with E-state index in [0.717, 1.165) is 5.69 Å². The second kappa shape index (κ2) is 7.00. The smallest absolute Gasteiger partial charge is 0.296 e. The van der Waals surface area contributed by atoms with Gasteiger partial charge in [0.05, 0.1) is 42.3 Å². The molecule has 166 valence electrons. The third-order valence-electron chi connectivity index (χ3n) is 5.54. The number of aromatic nitrogens is 5. The Labute approximate surface area is 181 Å². The Morgan fingerprint density at radius 1 is 1.35 bits per heavy atom. The lowest BCUT2D eigenvalue weighted by Crippen LogP contribution is -2.69. The quantitative estimate of drug-likeness (QED) is 0.229. The molecule has 2 aliphatic rings. The number of hydrogen-bond donors (Lipinski definition) is 5. The van der Waals surface area contributed by atoms with Gasteiger partial charge in [-0.1, -0.05) is 11.6 Å². The van der Waals surface area contributed by atoms with Gasteiger partial charge in [0.1, 0.15) is 6.10 Å². The van der Waals surface area contributed by atoms with Crippen molar-refractivity contribution in [2.75, 3.05) is 18.2 Å². The highest BCUT2D eigenvalue weighted by molar-refractivity contribution is 6.33. The molecule has 0 unspecified atom stereocenters. The number of nitrogens with one attached hydrogen (secondary N) is 1. The van der Waals surface area contributed by atoms with Gasteiger partial charge in [-0.2, -0.15) is 4.98 Å². The SMILES string of the molecule is Cn1cnc(CN(N)c2nc3nc(O[C@@H]4CO[C@]5(N)[C@H](O)CO[C@]45N)[nH]c3cc2Cl)c1. The molecular weight excluding hydrogens is 430 g/mol. The third-order valence-corrected chi connectivity index (χ3v) is 5.82. The Hall–Kier alpha value is -2.52. The molecule has 31 heavy (non-hydrogen) atoms. The third kappa shape index (κ3) is 3.13. The molecule has 0 aromatic carbocycles. The summed E-state index contributed by atoms with van der Waals surface area (Å²) in [7, 11) is 1.87. The minimum atomic E-state index is -1.57. The van der Waals surface area contributed by atoms with E-state index in [4.69, 9.17) is 43.1 Å². The first kappa shape index (κ1) is 20.4. The number of nitrogens with two attached hydrogens (primary N) is 3. The number of halogens is 1. The molecule has 13 nitrogen and oxygen atoms in total. The highest BCUT2D eigenvalue weighted by atomic mass is 35.5. The highest BCUT2D eigenvalue weighted by Gasteiger charge is 2.68. The molecule has 14 heteroatoms. The van der Waals surface area contributed by atoms with Gasteiger partial charge >= 0.3 is 0 Å². The standard InChI is InChI=1S/C17H22ClN9O4/c1-26-3-8(22-7-26)4-27(21)14-9(18)2-10-13(24-14)25-15(23-10)31-12-6-30-16(19)11(28)5-29-17(12,16)20/h2-3,7,11-12,28H,4-6,19-21H2,1H3,(H,23,24,25)/t11-,12-,16-,17-/m1/s1. The monoisotopic (exact) mass is 451 g/mol. The number of aryl methyl sites for hydroxylation is 1. The summed E-state index contributed by atoms with van der Waals surface area (Å²) in [5.41, 5.74) is 10.9. The van der Waals surface area contributed by atoms with Gasteiger partial charge < -0.3 is 28.9 Å². The second-order valence-electron chi connectivity index (χ2n) is 7.70. The van der Waals surface area contributed by atoms with Crippen LogP contribution in [0.3, 0.4) is 0 Å². The summed E-state index contributed by atoms with van der Waals surface area (Å²) < 4.78 is 18.7. The number of aliphatic hydroxyl groups is 1. The zero-order valence-corrected chi connectivity index (χ0v) is 17.3. The lowest BCUT2D eigenvalue weighted by molar-refractivity contribution is -0.119. The van der Waals surface area contributed by atoms with Gasteiger partial charge in [0.2, 0.25) is 5.72 Å². The fourth-order valence-corrected chi connectivity index (χ4v) is 4.06. The summed E-state index contributed by atoms with van der Waals surface area (Å²) in [5, 5.41) is 11.8. The van der Waals surface area contributed by atoms with Crippen molar-refractivity contribution in [2.24, 2.45) is 24.4 Å². The van der Waals surface area contributed by atoms with Gasteiger partial charge in [0.15, 0.2) is 23.3 Å². The molecule has 2 fully saturated rings. The Balaban J connectivity index is 1.38. The summed E-state index contributed by atoms with van der Waals surface area (Å²) >= 11 is 6.38. The Morgan fingerprint density at radius 3 is 2.87 bits per heavy atom. The van der Waals surface area contributed by atoms with Gasteiger partial charge in [0, 0.05) is 13.2 Å². The number of rotatable bonds is 5. The maximum atomic E-state index is 10.1. The van der Waals surface area contributed by atoms with Crippen LogP contribution in [-0.2, 0) is 23.1 Å². The molecule has 5 rings (SSSR count). The Morgan fingerprint density at radius 2 is 2.13 bits per heavy atom. The van der Waals surface area contributed by atoms with Crippen LogP contribution in [0.2, 0.25) is 5.02 Å². The van der Waals surface area contributed by atoms with Crippen molar-refractivity contribution in [2.45, 2.75) is 30.2 Å². The van der Waals surface area contributed by atoms with Crippen LogP contribution in [0.4, 0.5) is 5.82 Å². The average molecular weight is 452 g/mol. The average Bonchev–Trinajstić information content (AvgIpc) is 3.42. The van der Waals surface area contributed by atoms with Crippen LogP contribution in [0.1, 0.15) is 5.69 Å². The molecule has 5 heterocycles. The van der Waals surface area contributed by atoms with Crippen molar-refractivity contribution >= 4 is 28.6 Å². The van der Waals surface area contributed by atoms with E-state index < -0.39 is 23.7 Å². The number of imidazole rings is 2. The lowest BCUT2D eigenvalue weighted by Gasteiger charge is -2.34. The first-order chi connectivity index (χ1) is 14.7. The normalized spacial score (nSPS) is 30.1. The first-order valence-electron chi connectivity index (χ1n) is 9.45. The van der Waals surface area contributed by atoms with Crippen molar-refractivity contribution in [1.29, 1.82) is 0 Å². The molecular formula is C17H22ClN9O4. The van der Waals surface area contributed by atoms with Gasteiger partial charge in [-0.25, -0.2) is 15.8 Å². The minimum Gasteiger partial charge on any atom is -0.454 e. The number of nitrogens with zero attached hydrogens (tertiary/aromatic N) is 5. The summed E-state index contributed by atoms with van der Waals surface area (Å²) in [6, 6.07) is 1.76. The summed E-state index contributed by atoms with van der Waals surface area (Å²) in [6.45, 7) is 0.261. The van der Waals surface area contributed by atoms with Crippen LogP contribution < -0.4 is 27.1 Å². The predicted molar refractivity (Wildman–Crippen MR) is 109 cm³/mol. The molecule has 2 saturated heterocycles. The predicted octanol–water partition coefficient (Wildman–Crippen LogP) is -1.30. The Bertz CT molecular complexity index is 1140. The minimum absolute atomic E-state index is 0.0151. The van der Waals surface area contributed by atoms with E-state index in [1.54, 1.807) is 12.4 Å². The fraction of sp³-hybridized carbons (Fsp3) is 0.471. The number of aromatic amines is 1. The van der Waals surface area contributed by atoms with E-state index >= 15 is 0 Å². The van der Waals surface area contributed by atoms with E-state index in [1.807, 2.05) is 17.8 Å². The number of pyridine rings is 1. The number of ether oxygens (including phenoxy) is 3. The molecule has 8 N–H and O–H groups in total. The van der Waals surface area contributed by atoms with Crippen LogP contribution in [0.5, 0.6) is 6.01 Å². The van der Waals surface area contributed by atoms with Crippen molar-refractivity contribution in [3.63, 3.8) is 0 Å². The van der Waals surface area contributed by atoms with Crippen molar-refractivity contribution in [1.82, 2.24) is 24.5 Å². The molecule has 0 amide bonds. The molecule has 0 radical (unpaired) electrons. The molecule has 4 atom stereocenters. The van der Waals surface area contributed by atoms with Crippen LogP contribution in [0.25, 0.3) is 11.2 Å². The first-order valence-corrected chi connectivity index (χ1v) is 9.83. The summed E-state index contributed by atoms with van der Waals surface area (Å²) in [6.07, 6.45) is 1.65. The van der Waals surface area contributed by atoms with Gasteiger partial charge in [0.25, 0.3) is 6.01 Å². The van der Waals surface area contributed by atoms with E-state index in [0.29, 0.717) is 28.5 Å². The maximum absolute atomic E-state index is 10.1. The van der Waals surface area contributed by atoms with Crippen LogP contribution in [0.15, 0.2) is 18.6 Å². The molecule has 3 aromatic rings. The summed E-state index contributed by atoms with van der Waals surface area (Å²) in [4.78, 5) is 16.0. The molecule has 0 saturated carbocycles. The number of aliphatic hydroxyl groups excluding tert-OH is 1. The van der Waals surface area contributed by atoms with Crippen molar-refractivity contribution in [3.05, 3.63) is 29.3 Å². The number of hydrogen-bond acceptors (Lipinski definition) is 11. The van der Waals surface area contributed by atoms with Gasteiger partial charge in [-0.05, 0) is 6.07 Å². The Kier molecular flexibility index (Phi) is 4.60. The van der Waals surface area contributed by atoms with Crippen molar-refractivity contribution in [3.8, 4) is 6.01 Å². The number of H-pyrrole nitrogens is 1. The van der Waals surface area contributed by atoms with E-state index in [2.05, 4.69) is 19.9 Å². The molecule has 0 bridgehead atoms. The molecule has 0 spiro atoms. The number of fused-ring (bicyclic) bond motifs is 2. The van der Waals surface area contributed by atoms with Crippen LogP contribution in [-0.4, -0.2) is 66.5 Å². The van der Waals surface area contributed by atoms with Crippen molar-refractivity contribution < 1.29 is 19.3 Å². The topological polar surface area (TPSA) is 189 Å². The molecule has 3 aromatic heterocycles. The summed E-state index contributed by atoms with van der Waals surface area (Å²) in [5.74, 6) is 6.48. The second-order valence-corrected chi connectivity index (χ2v) is 8.10. The van der Waals surface area contributed by atoms with Crippen LogP contribution in [0, 0.1) is 0 Å². The van der Waals surface area contributed by atoms with E-state index in [-0.39, 0.29) is 19.2 Å². The fourth-order valence-electron chi connectivity index (χ4n) is 3.80. The van der Waals surface area contributed by atoms with Gasteiger partial charge in [-0.3, -0.25) is 16.5 Å². The zero-order valence-electron chi connectivity index (χ0n) is 16.5. The number of hydrazine groups is 1. The number of anilines is 1. The molecule has 2 aliphatic heterocycles. The zero-order chi connectivity index (χ0) is 22.0. The molecule has 0 aliphatic carbocycles. The lowest BCUT2D eigenvalue weighted by atomic mass is 9.96. The maximum Gasteiger partial charge on any atom is 0.296 e. The largest absolute Gasteiger partial charge is 0.454 e. The van der Waals surface area contributed by atoms with E-state index in [1.165, 1.54) is 5.01 Å². The highest BCUT2D eigenvalue weighted by Crippen LogP contribution is 2.41.